The summed E-state index contributed by atoms with van der Waals surface area (Å²) in [5.74, 6) is 1.47. The van der Waals surface area contributed by atoms with E-state index in [4.69, 9.17) is 6.42 Å². The Labute approximate surface area is 151 Å². The van der Waals surface area contributed by atoms with E-state index in [2.05, 4.69) is 21.3 Å². The number of alkyl halides is 3. The van der Waals surface area contributed by atoms with Crippen molar-refractivity contribution in [3.05, 3.63) is 47.8 Å². The van der Waals surface area contributed by atoms with Crippen molar-refractivity contribution in [2.45, 2.75) is 19.1 Å². The molecule has 2 heterocycles. The number of hydrogen-bond acceptors (Lipinski definition) is 4. The molecule has 0 amide bonds. The first kappa shape index (κ1) is 18.3. The zero-order valence-corrected chi connectivity index (χ0v) is 13.8. The maximum atomic E-state index is 12.6. The smallest absolute Gasteiger partial charge is 0.390 e. The van der Waals surface area contributed by atoms with Crippen molar-refractivity contribution in [2.75, 3.05) is 5.32 Å². The lowest BCUT2D eigenvalue weighted by atomic mass is 10.1. The molecule has 0 saturated heterocycles. The first-order chi connectivity index (χ1) is 12.8. The first-order valence-electron chi connectivity index (χ1n) is 7.77. The third-order valence-corrected chi connectivity index (χ3v) is 3.83. The van der Waals surface area contributed by atoms with Crippen molar-refractivity contribution in [1.29, 1.82) is 0 Å². The van der Waals surface area contributed by atoms with Gasteiger partial charge in [-0.15, -0.1) is 6.42 Å². The number of carboxylic acid groups (broad SMARTS) is 1. The molecule has 27 heavy (non-hydrogen) atoms. The fourth-order valence-corrected chi connectivity index (χ4v) is 2.57. The number of carbonyl (C=O) groups is 1. The summed E-state index contributed by atoms with van der Waals surface area (Å²) in [6, 6.07) is 6.09. The van der Waals surface area contributed by atoms with E-state index in [1.54, 1.807) is 18.2 Å². The molecule has 0 saturated carbocycles. The lowest BCUT2D eigenvalue weighted by Gasteiger charge is -2.07. The second-order valence-electron chi connectivity index (χ2n) is 5.66. The van der Waals surface area contributed by atoms with Crippen LogP contribution in [0.5, 0.6) is 0 Å². The van der Waals surface area contributed by atoms with Crippen molar-refractivity contribution in [2.24, 2.45) is 0 Å². The second kappa shape index (κ2) is 6.99. The second-order valence-corrected chi connectivity index (χ2v) is 5.66. The Morgan fingerprint density at radius 1 is 1.33 bits per heavy atom. The molecule has 2 N–H and O–H groups in total. The Bertz CT molecular complexity index is 1050. The quantitative estimate of drug-likeness (QED) is 0.664. The topological polar surface area (TPSA) is 80.0 Å². The number of pyridine rings is 1. The van der Waals surface area contributed by atoms with Crippen LogP contribution in [0.4, 0.5) is 24.7 Å². The van der Waals surface area contributed by atoms with E-state index in [0.29, 0.717) is 16.5 Å². The van der Waals surface area contributed by atoms with E-state index < -0.39 is 18.6 Å². The van der Waals surface area contributed by atoms with Crippen molar-refractivity contribution in [3.63, 3.8) is 0 Å². The summed E-state index contributed by atoms with van der Waals surface area (Å²) in [5.41, 5.74) is 1.08. The highest BCUT2D eigenvalue weighted by atomic mass is 19.4. The molecule has 0 fully saturated rings. The molecule has 3 rings (SSSR count). The number of hydrogen-bond donors (Lipinski definition) is 2. The lowest BCUT2D eigenvalue weighted by Crippen LogP contribution is -2.13. The van der Waals surface area contributed by atoms with Gasteiger partial charge in [0.05, 0.1) is 35.9 Å². The number of nitrogens with zero attached hydrogens (tertiary/aromatic N) is 3. The summed E-state index contributed by atoms with van der Waals surface area (Å²) in [6.45, 7) is -0.379. The molecule has 0 bridgehead atoms. The van der Waals surface area contributed by atoms with Gasteiger partial charge in [0, 0.05) is 17.1 Å². The Kier molecular flexibility index (Phi) is 4.73. The molecule has 0 aliphatic heterocycles. The number of terminal acetylenes is 1. The summed E-state index contributed by atoms with van der Waals surface area (Å²) >= 11 is 0. The highest BCUT2D eigenvalue weighted by Crippen LogP contribution is 2.29. The Morgan fingerprint density at radius 3 is 2.78 bits per heavy atom. The van der Waals surface area contributed by atoms with E-state index in [-0.39, 0.29) is 23.6 Å². The normalized spacial score (nSPS) is 11.3. The average molecular weight is 374 g/mol. The molecule has 0 spiro atoms. The van der Waals surface area contributed by atoms with Gasteiger partial charge in [-0.3, -0.25) is 9.67 Å². The minimum atomic E-state index is -4.33. The van der Waals surface area contributed by atoms with Crippen LogP contribution in [-0.2, 0) is 6.54 Å². The van der Waals surface area contributed by atoms with E-state index >= 15 is 0 Å². The van der Waals surface area contributed by atoms with Gasteiger partial charge in [0.2, 0.25) is 0 Å². The summed E-state index contributed by atoms with van der Waals surface area (Å²) in [7, 11) is 0. The lowest BCUT2D eigenvalue weighted by molar-refractivity contribution is -0.137. The number of aromatic carboxylic acids is 1. The highest BCUT2D eigenvalue weighted by molar-refractivity contribution is 5.98. The maximum absolute atomic E-state index is 12.6. The molecular weight excluding hydrogens is 361 g/mol. The fraction of sp³-hybridized carbons (Fsp3) is 0.167. The molecular formula is C18H13F3N4O2. The third kappa shape index (κ3) is 4.00. The number of halogens is 3. The van der Waals surface area contributed by atoms with Crippen molar-refractivity contribution < 1.29 is 23.1 Å². The zero-order chi connectivity index (χ0) is 19.6. The number of aromatic nitrogens is 3. The Morgan fingerprint density at radius 2 is 2.11 bits per heavy atom. The summed E-state index contributed by atoms with van der Waals surface area (Å²) in [4.78, 5) is 15.2. The van der Waals surface area contributed by atoms with Crippen LogP contribution in [0.3, 0.4) is 0 Å². The highest BCUT2D eigenvalue weighted by Gasteiger charge is 2.27. The minimum Gasteiger partial charge on any atom is -0.478 e. The SMILES string of the molecule is C#Cc1ccc2c(c1)c(Nc1cnccc1C(=O)O)nn2CCC(F)(F)F. The first-order valence-corrected chi connectivity index (χ1v) is 7.77. The van der Waals surface area contributed by atoms with Crippen LogP contribution in [0.2, 0.25) is 0 Å². The molecule has 0 radical (unpaired) electrons. The predicted molar refractivity (Wildman–Crippen MR) is 92.8 cm³/mol. The van der Waals surface area contributed by atoms with Crippen molar-refractivity contribution in [3.8, 4) is 12.3 Å². The third-order valence-electron chi connectivity index (χ3n) is 3.83. The van der Waals surface area contributed by atoms with Crippen LogP contribution in [0.25, 0.3) is 10.9 Å². The summed E-state index contributed by atoms with van der Waals surface area (Å²) in [6.07, 6.45) is 2.64. The van der Waals surface area contributed by atoms with Crippen molar-refractivity contribution >= 4 is 28.4 Å². The number of rotatable bonds is 5. The number of fused-ring (bicyclic) bond motifs is 1. The van der Waals surface area contributed by atoms with Gasteiger partial charge in [0.1, 0.15) is 0 Å². The maximum Gasteiger partial charge on any atom is 0.390 e. The van der Waals surface area contributed by atoms with Gasteiger partial charge in [-0.05, 0) is 24.3 Å². The molecule has 3 aromatic rings. The van der Waals surface area contributed by atoms with Crippen LogP contribution >= 0.6 is 0 Å². The van der Waals surface area contributed by atoms with Gasteiger partial charge in [-0.25, -0.2) is 4.79 Å². The molecule has 6 nitrogen and oxygen atoms in total. The van der Waals surface area contributed by atoms with Gasteiger partial charge in [0.25, 0.3) is 0 Å². The molecule has 0 atom stereocenters. The monoisotopic (exact) mass is 374 g/mol. The fourth-order valence-electron chi connectivity index (χ4n) is 2.57. The van der Waals surface area contributed by atoms with Crippen LogP contribution in [-0.4, -0.2) is 32.0 Å². The van der Waals surface area contributed by atoms with Gasteiger partial charge in [0.15, 0.2) is 5.82 Å². The van der Waals surface area contributed by atoms with E-state index in [0.717, 1.165) is 0 Å². The largest absolute Gasteiger partial charge is 0.478 e. The van der Waals surface area contributed by atoms with E-state index in [1.165, 1.54) is 23.1 Å². The average Bonchev–Trinajstić information content (AvgIpc) is 2.96. The van der Waals surface area contributed by atoms with Crippen LogP contribution in [0.15, 0.2) is 36.7 Å². The predicted octanol–water partition coefficient (Wildman–Crippen LogP) is 3.81. The zero-order valence-electron chi connectivity index (χ0n) is 13.8. The molecule has 0 unspecified atom stereocenters. The minimum absolute atomic E-state index is 0.0453. The molecule has 0 aliphatic carbocycles. The standard InChI is InChI=1S/C18H13F3N4O2/c1-2-11-3-4-15-13(9-11)16(24-25(15)8-6-18(19,20)21)23-14-10-22-7-5-12(14)17(26)27/h1,3-5,7,9-10H,6,8H2,(H,23,24)(H,26,27). The molecule has 1 aromatic carbocycles. The van der Waals surface area contributed by atoms with Gasteiger partial charge in [-0.1, -0.05) is 5.92 Å². The number of nitrogens with one attached hydrogen (secondary N) is 1. The van der Waals surface area contributed by atoms with Gasteiger partial charge < -0.3 is 10.4 Å². The molecule has 0 aliphatic rings. The van der Waals surface area contributed by atoms with Crippen LogP contribution in [0.1, 0.15) is 22.3 Å². The molecule has 2 aromatic heterocycles. The number of carboxylic acids is 1. The summed E-state index contributed by atoms with van der Waals surface area (Å²) < 4.78 is 39.0. The molecule has 138 valence electrons. The summed E-state index contributed by atoms with van der Waals surface area (Å²) in [5, 5.41) is 16.8. The Hall–Kier alpha value is -3.54. The molecule has 9 heteroatoms. The van der Waals surface area contributed by atoms with Crippen LogP contribution < -0.4 is 5.32 Å². The number of benzene rings is 1. The van der Waals surface area contributed by atoms with Gasteiger partial charge in [-0.2, -0.15) is 18.3 Å². The number of aryl methyl sites for hydroxylation is 1. The van der Waals surface area contributed by atoms with Gasteiger partial charge >= 0.3 is 12.1 Å². The van der Waals surface area contributed by atoms with Crippen LogP contribution in [0, 0.1) is 12.3 Å². The number of anilines is 2. The Balaban J connectivity index is 2.07. The van der Waals surface area contributed by atoms with E-state index in [9.17, 15) is 23.1 Å². The van der Waals surface area contributed by atoms with E-state index in [1.807, 2.05) is 0 Å². The van der Waals surface area contributed by atoms with Crippen molar-refractivity contribution in [1.82, 2.24) is 14.8 Å².